The second-order valence-corrected chi connectivity index (χ2v) is 17.9. The molecule has 0 atom stereocenters. The van der Waals surface area contributed by atoms with E-state index in [1.54, 1.807) is 0 Å². The van der Waals surface area contributed by atoms with Crippen LogP contribution in [0, 0.1) is 96.9 Å². The van der Waals surface area contributed by atoms with Gasteiger partial charge < -0.3 is 33.2 Å². The van der Waals surface area contributed by atoms with Crippen molar-refractivity contribution < 1.29 is 33.2 Å². The van der Waals surface area contributed by atoms with E-state index in [1.165, 1.54) is 5.56 Å². The summed E-state index contributed by atoms with van der Waals surface area (Å²) in [5.74, 6) is 8.28. The van der Waals surface area contributed by atoms with E-state index in [1.807, 2.05) is 65.0 Å². The fourth-order valence-corrected chi connectivity index (χ4v) is 9.38. The topological polar surface area (TPSA) is 64.6 Å². The highest BCUT2D eigenvalue weighted by atomic mass is 16.6. The van der Waals surface area contributed by atoms with E-state index in [0.29, 0.717) is 69.0 Å². The molecule has 0 saturated carbocycles. The lowest BCUT2D eigenvalue weighted by molar-refractivity contribution is 0.327. The summed E-state index contributed by atoms with van der Waals surface area (Å²) in [7, 11) is 0. The molecule has 0 fully saturated rings. The highest BCUT2D eigenvalue weighted by Gasteiger charge is 2.37. The van der Waals surface area contributed by atoms with Gasteiger partial charge in [-0.2, -0.15) is 0 Å². The van der Waals surface area contributed by atoms with Crippen LogP contribution in [0.2, 0.25) is 0 Å². The molecule has 0 saturated heterocycles. The van der Waals surface area contributed by atoms with Crippen LogP contribution in [0.4, 0.5) is 0 Å². The summed E-state index contributed by atoms with van der Waals surface area (Å²) in [5, 5.41) is 0. The zero-order valence-electron chi connectivity index (χ0n) is 38.8. The van der Waals surface area contributed by atoms with Gasteiger partial charge in [-0.25, -0.2) is 0 Å². The van der Waals surface area contributed by atoms with Gasteiger partial charge >= 0.3 is 0 Å². The first kappa shape index (κ1) is 41.5. The van der Waals surface area contributed by atoms with E-state index in [0.717, 1.165) is 95.0 Å². The van der Waals surface area contributed by atoms with Gasteiger partial charge in [0.25, 0.3) is 0 Å². The van der Waals surface area contributed by atoms with E-state index >= 15 is 0 Å². The van der Waals surface area contributed by atoms with Gasteiger partial charge in [-0.3, -0.25) is 0 Å². The van der Waals surface area contributed by atoms with Crippen LogP contribution in [0.3, 0.4) is 0 Å². The third-order valence-corrected chi connectivity index (χ3v) is 11.9. The molecule has 0 spiro atoms. The lowest BCUT2D eigenvalue weighted by atomic mass is 9.90. The van der Waals surface area contributed by atoms with Crippen LogP contribution in [-0.2, 0) is 0 Å². The van der Waals surface area contributed by atoms with Gasteiger partial charge in [0.15, 0.2) is 46.0 Å². The van der Waals surface area contributed by atoms with Gasteiger partial charge in [0.1, 0.15) is 17.2 Å². The largest absolute Gasteiger partial charge is 0.453 e. The molecule has 7 nitrogen and oxygen atoms in total. The standard InChI is InChI=1S/C56H54O7/c1-27-15-28(2)20-41(19-27)57-49-38(12)25-39(13)50-55(49)62-47-36(10)23-32(6)44(53(47)60-50)45-33(7)24-37(11)48-54(45)61-51-40(14)26-43(59-46-34(8)17-31(5)18-35(46)9)52(56(51)63-48)58-42-21-29(3)16-30(4)22-42/h15-26H,1-14H3. The second-order valence-electron chi connectivity index (χ2n) is 17.9. The van der Waals surface area contributed by atoms with Crippen molar-refractivity contribution >= 4 is 0 Å². The van der Waals surface area contributed by atoms with Gasteiger partial charge in [0.05, 0.1) is 0 Å². The Labute approximate surface area is 371 Å². The Hall–Kier alpha value is -6.86. The van der Waals surface area contributed by atoms with Crippen LogP contribution < -0.4 is 33.2 Å². The number of hydrogen-bond acceptors (Lipinski definition) is 7. The summed E-state index contributed by atoms with van der Waals surface area (Å²) in [6.45, 7) is 28.8. The maximum Gasteiger partial charge on any atom is 0.216 e. The van der Waals surface area contributed by atoms with E-state index in [2.05, 4.69) is 105 Å². The predicted octanol–water partition coefficient (Wildman–Crippen LogP) is 16.8. The van der Waals surface area contributed by atoms with Crippen molar-refractivity contribution in [2.45, 2.75) is 96.9 Å². The summed E-state index contributed by atoms with van der Waals surface area (Å²) in [6, 6.07) is 24.9. The van der Waals surface area contributed by atoms with Gasteiger partial charge in [-0.1, -0.05) is 42.0 Å². The maximum atomic E-state index is 7.16. The quantitative estimate of drug-likeness (QED) is 0.158. The Kier molecular flexibility index (Phi) is 10.2. The molecular weight excluding hydrogens is 785 g/mol. The second kappa shape index (κ2) is 15.5. The molecule has 7 heteroatoms. The normalized spacial score (nSPS) is 12.2. The Morgan fingerprint density at radius 2 is 0.587 bits per heavy atom. The molecule has 0 amide bonds. The van der Waals surface area contributed by atoms with E-state index in [9.17, 15) is 0 Å². The van der Waals surface area contributed by atoms with Crippen molar-refractivity contribution in [3.63, 3.8) is 0 Å². The molecule has 7 aromatic rings. The average Bonchev–Trinajstić information content (AvgIpc) is 3.18. The highest BCUT2D eigenvalue weighted by Crippen LogP contribution is 2.63. The summed E-state index contributed by atoms with van der Waals surface area (Å²) in [4.78, 5) is 0. The van der Waals surface area contributed by atoms with Gasteiger partial charge in [0, 0.05) is 11.1 Å². The average molecular weight is 839 g/mol. The molecule has 0 aliphatic carbocycles. The number of hydrogen-bond donors (Lipinski definition) is 0. The number of ether oxygens (including phenoxy) is 7. The van der Waals surface area contributed by atoms with Crippen molar-refractivity contribution in [1.82, 2.24) is 0 Å². The zero-order chi connectivity index (χ0) is 44.8. The number of aryl methyl sites for hydroxylation is 14. The number of rotatable bonds is 7. The van der Waals surface area contributed by atoms with Crippen LogP contribution >= 0.6 is 0 Å². The van der Waals surface area contributed by atoms with Gasteiger partial charge in [0.2, 0.25) is 17.2 Å². The first-order valence-electron chi connectivity index (χ1n) is 21.5. The third kappa shape index (κ3) is 7.39. The van der Waals surface area contributed by atoms with Crippen molar-refractivity contribution in [2.75, 3.05) is 0 Å². The van der Waals surface area contributed by atoms with Crippen molar-refractivity contribution in [3.05, 3.63) is 151 Å². The van der Waals surface area contributed by atoms with Crippen LogP contribution in [0.25, 0.3) is 11.1 Å². The van der Waals surface area contributed by atoms with Crippen LogP contribution in [0.5, 0.6) is 80.5 Å². The van der Waals surface area contributed by atoms with Crippen LogP contribution in [0.15, 0.2) is 72.8 Å². The molecule has 7 aromatic carbocycles. The smallest absolute Gasteiger partial charge is 0.216 e. The Bertz CT molecular complexity index is 3020. The molecule has 9 rings (SSSR count). The fourth-order valence-electron chi connectivity index (χ4n) is 9.38. The first-order valence-corrected chi connectivity index (χ1v) is 21.5. The third-order valence-electron chi connectivity index (χ3n) is 11.9. The minimum Gasteiger partial charge on any atom is -0.453 e. The Balaban J connectivity index is 1.19. The van der Waals surface area contributed by atoms with Crippen molar-refractivity contribution in [3.8, 4) is 91.6 Å². The van der Waals surface area contributed by atoms with Crippen molar-refractivity contribution in [1.29, 1.82) is 0 Å². The SMILES string of the molecule is Cc1cc(C)cc(Oc2c(C)cc(C)c3c2Oc2c(C)cc(C)c(-c4c(C)cc(C)c5c4Oc4c(C)cc(Oc6c(C)cc(C)cc6C)c(Oc6cc(C)cc(C)c6)c4O5)c2O3)c1. The molecule has 320 valence electrons. The molecular formula is C56H54O7. The first-order chi connectivity index (χ1) is 29.9. The van der Waals surface area contributed by atoms with Gasteiger partial charge in [-0.05, 0) is 206 Å². The van der Waals surface area contributed by atoms with E-state index in [4.69, 9.17) is 33.2 Å². The zero-order valence-corrected chi connectivity index (χ0v) is 38.8. The lowest BCUT2D eigenvalue weighted by Crippen LogP contribution is -2.10. The monoisotopic (exact) mass is 838 g/mol. The molecule has 2 aliphatic rings. The fraction of sp³-hybridized carbons (Fsp3) is 0.250. The summed E-state index contributed by atoms with van der Waals surface area (Å²) < 4.78 is 48.6. The molecule has 0 unspecified atom stereocenters. The van der Waals surface area contributed by atoms with Crippen molar-refractivity contribution in [2.24, 2.45) is 0 Å². The summed E-state index contributed by atoms with van der Waals surface area (Å²) >= 11 is 0. The minimum absolute atomic E-state index is 0.425. The Morgan fingerprint density at radius 3 is 1.05 bits per heavy atom. The summed E-state index contributed by atoms with van der Waals surface area (Å²) in [6.07, 6.45) is 0. The van der Waals surface area contributed by atoms with Crippen LogP contribution in [0.1, 0.15) is 77.9 Å². The lowest BCUT2D eigenvalue weighted by Gasteiger charge is -2.31. The highest BCUT2D eigenvalue weighted by molar-refractivity contribution is 5.89. The predicted molar refractivity (Wildman–Crippen MR) is 251 cm³/mol. The summed E-state index contributed by atoms with van der Waals surface area (Å²) in [5.41, 5.74) is 15.9. The minimum atomic E-state index is 0.425. The van der Waals surface area contributed by atoms with E-state index in [-0.39, 0.29) is 0 Å². The number of benzene rings is 7. The molecule has 63 heavy (non-hydrogen) atoms. The van der Waals surface area contributed by atoms with Gasteiger partial charge in [-0.15, -0.1) is 0 Å². The molecule has 0 N–H and O–H groups in total. The number of fused-ring (bicyclic) bond motifs is 4. The Morgan fingerprint density at radius 1 is 0.254 bits per heavy atom. The van der Waals surface area contributed by atoms with Crippen LogP contribution in [-0.4, -0.2) is 0 Å². The molecule has 0 bridgehead atoms. The van der Waals surface area contributed by atoms with E-state index < -0.39 is 0 Å². The molecule has 0 radical (unpaired) electrons. The molecule has 2 heterocycles. The maximum absolute atomic E-state index is 7.16. The molecule has 2 aliphatic heterocycles. The molecule has 0 aromatic heterocycles.